The Hall–Kier alpha value is -2.77. The van der Waals surface area contributed by atoms with Crippen molar-refractivity contribution in [2.45, 2.75) is 27.2 Å². The lowest BCUT2D eigenvalue weighted by Gasteiger charge is -2.13. The highest BCUT2D eigenvalue weighted by Gasteiger charge is 2.12. The molecule has 0 aliphatic rings. The monoisotopic (exact) mass is 385 g/mol. The van der Waals surface area contributed by atoms with Crippen molar-refractivity contribution in [3.63, 3.8) is 0 Å². The van der Waals surface area contributed by atoms with E-state index in [2.05, 4.69) is 15.6 Å². The topological polar surface area (TPSA) is 98.7 Å². The van der Waals surface area contributed by atoms with Crippen LogP contribution in [0.15, 0.2) is 46.9 Å². The lowest BCUT2D eigenvalue weighted by atomic mass is 10.1. The summed E-state index contributed by atoms with van der Waals surface area (Å²) < 4.78 is 5.82. The third-order valence-corrected chi connectivity index (χ3v) is 4.08. The molecule has 0 fully saturated rings. The number of carbonyl (C=O) groups is 1. The van der Waals surface area contributed by atoms with Gasteiger partial charge in [0.25, 0.3) is 0 Å². The lowest BCUT2D eigenvalue weighted by Crippen LogP contribution is -2.34. The summed E-state index contributed by atoms with van der Waals surface area (Å²) >= 11 is 5.26. The van der Waals surface area contributed by atoms with Crippen molar-refractivity contribution in [1.29, 1.82) is 0 Å². The fraction of sp³-hybridized carbons (Fsp3) is 0.250. The molecule has 0 bridgehead atoms. The summed E-state index contributed by atoms with van der Waals surface area (Å²) in [6.07, 6.45) is 0.434. The molecule has 0 aliphatic heterocycles. The number of thiocarbonyl (C=S) groups is 1. The molecule has 1 amide bonds. The van der Waals surface area contributed by atoms with Crippen LogP contribution < -0.4 is 10.6 Å². The molecule has 2 aromatic carbocycles. The van der Waals surface area contributed by atoms with Crippen molar-refractivity contribution >= 4 is 40.0 Å². The van der Waals surface area contributed by atoms with Gasteiger partial charge in [0.05, 0.1) is 0 Å². The molecule has 3 aromatic rings. The van der Waals surface area contributed by atoms with Crippen molar-refractivity contribution in [1.82, 2.24) is 10.3 Å². The van der Waals surface area contributed by atoms with Gasteiger partial charge in [-0.2, -0.15) is 0 Å². The molecule has 0 aliphatic carbocycles. The summed E-state index contributed by atoms with van der Waals surface area (Å²) in [4.78, 5) is 16.4. The molecule has 0 radical (unpaired) electrons. The van der Waals surface area contributed by atoms with Gasteiger partial charge in [0.2, 0.25) is 11.8 Å². The van der Waals surface area contributed by atoms with E-state index in [4.69, 9.17) is 16.6 Å². The molecule has 0 unspecified atom stereocenters. The van der Waals surface area contributed by atoms with E-state index >= 15 is 0 Å². The zero-order valence-electron chi connectivity index (χ0n) is 15.5. The molecular weight excluding hydrogens is 362 g/mol. The Morgan fingerprint density at radius 3 is 2.67 bits per heavy atom. The third-order valence-electron chi connectivity index (χ3n) is 3.87. The number of carbonyl (C=O) groups excluding carboxylic acids is 1. The van der Waals surface area contributed by atoms with Crippen LogP contribution in [-0.4, -0.2) is 21.5 Å². The second-order valence-electron chi connectivity index (χ2n) is 6.62. The largest absolute Gasteiger partial charge is 0.436 e. The van der Waals surface area contributed by atoms with E-state index in [1.54, 1.807) is 0 Å². The predicted octanol–water partition coefficient (Wildman–Crippen LogP) is 3.84. The number of hydrogen-bond donors (Lipinski definition) is 2. The number of oxazole rings is 1. The fourth-order valence-electron chi connectivity index (χ4n) is 2.59. The first-order valence-electron chi connectivity index (χ1n) is 8.50. The van der Waals surface area contributed by atoms with Crippen LogP contribution in [0.5, 0.6) is 0 Å². The molecular formula is C20H23N3O3S. The van der Waals surface area contributed by atoms with E-state index in [1.165, 1.54) is 0 Å². The Labute approximate surface area is 163 Å². The maximum atomic E-state index is 11.9. The van der Waals surface area contributed by atoms with Crippen molar-refractivity contribution in [2.24, 2.45) is 5.92 Å². The van der Waals surface area contributed by atoms with E-state index in [1.807, 2.05) is 63.2 Å². The van der Waals surface area contributed by atoms with E-state index < -0.39 is 0 Å². The standard InChI is InChI=1S/C20H21N3O2S.H2O/c1-12(2)10-18(24)23-20(26)22-16-11-14(9-8-13(16)3)19-21-15-6-4-5-7-17(15)25-19;/h4-9,11-12H,10H2,1-3H3,(H2,22,23,24,26);1H2. The Kier molecular flexibility index (Phi) is 6.65. The van der Waals surface area contributed by atoms with E-state index in [9.17, 15) is 4.79 Å². The first kappa shape index (κ1) is 20.5. The second kappa shape index (κ2) is 8.75. The smallest absolute Gasteiger partial charge is 0.227 e. The Morgan fingerprint density at radius 2 is 1.96 bits per heavy atom. The van der Waals surface area contributed by atoms with Gasteiger partial charge in [-0.1, -0.05) is 32.0 Å². The first-order valence-corrected chi connectivity index (χ1v) is 8.90. The van der Waals surface area contributed by atoms with Gasteiger partial charge in [-0.25, -0.2) is 4.98 Å². The highest BCUT2D eigenvalue weighted by Crippen LogP contribution is 2.27. The van der Waals surface area contributed by atoms with Crippen LogP contribution in [0, 0.1) is 12.8 Å². The van der Waals surface area contributed by atoms with Crippen LogP contribution >= 0.6 is 12.2 Å². The zero-order valence-corrected chi connectivity index (χ0v) is 16.3. The molecule has 6 nitrogen and oxygen atoms in total. The molecule has 7 heteroatoms. The van der Waals surface area contributed by atoms with Crippen LogP contribution in [0.1, 0.15) is 25.8 Å². The van der Waals surface area contributed by atoms with Gasteiger partial charge in [0.1, 0.15) is 5.52 Å². The number of aromatic nitrogens is 1. The fourth-order valence-corrected chi connectivity index (χ4v) is 2.81. The molecule has 0 saturated carbocycles. The van der Waals surface area contributed by atoms with Gasteiger partial charge < -0.3 is 20.5 Å². The molecule has 1 heterocycles. The van der Waals surface area contributed by atoms with Crippen LogP contribution in [0.25, 0.3) is 22.6 Å². The van der Waals surface area contributed by atoms with Gasteiger partial charge in [-0.15, -0.1) is 0 Å². The van der Waals surface area contributed by atoms with Crippen LogP contribution in [0.3, 0.4) is 0 Å². The minimum absolute atomic E-state index is 0. The summed E-state index contributed by atoms with van der Waals surface area (Å²) in [6, 6.07) is 13.5. The molecule has 4 N–H and O–H groups in total. The number of hydrogen-bond acceptors (Lipinski definition) is 4. The average Bonchev–Trinajstić information content (AvgIpc) is 3.00. The minimum atomic E-state index is -0.0924. The maximum Gasteiger partial charge on any atom is 0.227 e. The van der Waals surface area contributed by atoms with Crippen LogP contribution in [-0.2, 0) is 4.79 Å². The van der Waals surface area contributed by atoms with Crippen LogP contribution in [0.4, 0.5) is 5.69 Å². The summed E-state index contributed by atoms with van der Waals surface area (Å²) in [5.41, 5.74) is 4.21. The number of amides is 1. The number of nitrogens with one attached hydrogen (secondary N) is 2. The summed E-state index contributed by atoms with van der Waals surface area (Å²) in [6.45, 7) is 5.95. The Bertz CT molecular complexity index is 933. The Morgan fingerprint density at radius 1 is 1.22 bits per heavy atom. The number of nitrogens with zero attached hydrogens (tertiary/aromatic N) is 1. The third kappa shape index (κ3) is 5.12. The van der Waals surface area contributed by atoms with Crippen molar-refractivity contribution in [2.75, 3.05) is 5.32 Å². The number of fused-ring (bicyclic) bond motifs is 1. The van der Waals surface area contributed by atoms with Gasteiger partial charge in [-0.05, 0) is 54.9 Å². The molecule has 3 rings (SSSR count). The van der Waals surface area contributed by atoms with E-state index in [0.29, 0.717) is 12.3 Å². The number of rotatable bonds is 4. The van der Waals surface area contributed by atoms with Gasteiger partial charge in [0, 0.05) is 17.7 Å². The van der Waals surface area contributed by atoms with E-state index in [-0.39, 0.29) is 22.4 Å². The van der Waals surface area contributed by atoms with Crippen LogP contribution in [0.2, 0.25) is 0 Å². The second-order valence-corrected chi connectivity index (χ2v) is 7.02. The molecule has 0 atom stereocenters. The minimum Gasteiger partial charge on any atom is -0.436 e. The van der Waals surface area contributed by atoms with Gasteiger partial charge in [-0.3, -0.25) is 4.79 Å². The normalized spacial score (nSPS) is 10.5. The molecule has 142 valence electrons. The number of anilines is 1. The highest BCUT2D eigenvalue weighted by molar-refractivity contribution is 7.80. The average molecular weight is 385 g/mol. The predicted molar refractivity (Wildman–Crippen MR) is 112 cm³/mol. The summed E-state index contributed by atoms with van der Waals surface area (Å²) in [7, 11) is 0. The number of para-hydroxylation sites is 2. The molecule has 27 heavy (non-hydrogen) atoms. The summed E-state index contributed by atoms with van der Waals surface area (Å²) in [5, 5.41) is 6.08. The molecule has 0 spiro atoms. The zero-order chi connectivity index (χ0) is 18.7. The first-order chi connectivity index (χ1) is 12.4. The van der Waals surface area contributed by atoms with Gasteiger partial charge in [0.15, 0.2) is 10.7 Å². The lowest BCUT2D eigenvalue weighted by molar-refractivity contribution is -0.120. The number of aryl methyl sites for hydroxylation is 1. The quantitative estimate of drug-likeness (QED) is 0.665. The van der Waals surface area contributed by atoms with Crippen molar-refractivity contribution in [3.05, 3.63) is 48.0 Å². The maximum absolute atomic E-state index is 11.9. The SMILES string of the molecule is Cc1ccc(-c2nc3ccccc3o2)cc1NC(=S)NC(=O)CC(C)C.O. The van der Waals surface area contributed by atoms with Gasteiger partial charge >= 0.3 is 0 Å². The molecule has 1 aromatic heterocycles. The number of benzene rings is 2. The van der Waals surface area contributed by atoms with Crippen molar-refractivity contribution in [3.8, 4) is 11.5 Å². The van der Waals surface area contributed by atoms with Crippen molar-refractivity contribution < 1.29 is 14.7 Å². The summed E-state index contributed by atoms with van der Waals surface area (Å²) in [5.74, 6) is 0.733. The molecule has 0 saturated heterocycles. The highest BCUT2D eigenvalue weighted by atomic mass is 32.1. The Balaban J connectivity index is 0.00000261. The van der Waals surface area contributed by atoms with E-state index in [0.717, 1.165) is 27.9 Å².